The zero-order chi connectivity index (χ0) is 18.8. The third-order valence-electron chi connectivity index (χ3n) is 4.67. The van der Waals surface area contributed by atoms with Gasteiger partial charge in [0.25, 0.3) is 0 Å². The summed E-state index contributed by atoms with van der Waals surface area (Å²) in [7, 11) is 0. The number of carbonyl (C=O) groups excluding carboxylic acids is 1. The third kappa shape index (κ3) is 3.39. The summed E-state index contributed by atoms with van der Waals surface area (Å²) in [6, 6.07) is 9.61. The van der Waals surface area contributed by atoms with Crippen LogP contribution in [0.2, 0.25) is 0 Å². The molecular weight excluding hydrogens is 347 g/mol. The molecule has 1 aliphatic rings. The average molecular weight is 366 g/mol. The highest BCUT2D eigenvalue weighted by Gasteiger charge is 2.28. The van der Waals surface area contributed by atoms with Crippen LogP contribution < -0.4 is 16.0 Å². The second kappa shape index (κ2) is 7.16. The maximum absolute atomic E-state index is 13.3. The van der Waals surface area contributed by atoms with Gasteiger partial charge in [0.15, 0.2) is 5.82 Å². The van der Waals surface area contributed by atoms with E-state index in [-0.39, 0.29) is 11.7 Å². The molecule has 0 spiro atoms. The number of H-pyrrole nitrogens is 1. The number of amides is 1. The van der Waals surface area contributed by atoms with E-state index in [0.717, 1.165) is 28.2 Å². The predicted molar refractivity (Wildman–Crippen MR) is 100 cm³/mol. The molecule has 1 aromatic carbocycles. The monoisotopic (exact) mass is 366 g/mol. The Bertz CT molecular complexity index is 941. The number of primary amides is 1. The van der Waals surface area contributed by atoms with Gasteiger partial charge >= 0.3 is 0 Å². The summed E-state index contributed by atoms with van der Waals surface area (Å²) in [5.74, 6) is 0.0445. The Hall–Kier alpha value is -3.26. The molecule has 4 N–H and O–H groups in total. The molecule has 0 aliphatic carbocycles. The first-order chi connectivity index (χ1) is 13.1. The highest BCUT2D eigenvalue weighted by Crippen LogP contribution is 2.38. The van der Waals surface area contributed by atoms with E-state index < -0.39 is 6.04 Å². The molecule has 3 aromatic rings. The standard InChI is InChI=1S/C19H19FN6O/c20-14-3-1-13(2-4-14)17-16(12-5-7-22-8-6-12)19(25-24-17)26-10-9-23-15(11-26)18(21)27/h1-8,15,23H,9-11H2,(H2,21,27)(H,24,25). The molecule has 1 unspecified atom stereocenters. The van der Waals surface area contributed by atoms with E-state index in [2.05, 4.69) is 20.5 Å². The first kappa shape index (κ1) is 17.2. The number of hydrogen-bond acceptors (Lipinski definition) is 5. The number of aromatic nitrogens is 3. The number of nitrogens with two attached hydrogens (primary N) is 1. The lowest BCUT2D eigenvalue weighted by molar-refractivity contribution is -0.120. The molecule has 1 fully saturated rings. The Kier molecular flexibility index (Phi) is 4.55. The molecule has 1 atom stereocenters. The van der Waals surface area contributed by atoms with Crippen molar-refractivity contribution in [2.75, 3.05) is 24.5 Å². The molecule has 0 bridgehead atoms. The second-order valence-electron chi connectivity index (χ2n) is 6.40. The molecule has 1 aliphatic heterocycles. The molecule has 4 rings (SSSR count). The van der Waals surface area contributed by atoms with E-state index >= 15 is 0 Å². The van der Waals surface area contributed by atoms with Gasteiger partial charge in [-0.25, -0.2) is 4.39 Å². The van der Waals surface area contributed by atoms with Crippen LogP contribution in [0.3, 0.4) is 0 Å². The second-order valence-corrected chi connectivity index (χ2v) is 6.40. The molecule has 1 amide bonds. The number of carbonyl (C=O) groups is 1. The summed E-state index contributed by atoms with van der Waals surface area (Å²) in [5.41, 5.74) is 8.89. The molecule has 1 saturated heterocycles. The number of nitrogens with one attached hydrogen (secondary N) is 2. The van der Waals surface area contributed by atoms with Crippen molar-refractivity contribution in [2.45, 2.75) is 6.04 Å². The van der Waals surface area contributed by atoms with Crippen LogP contribution in [0.5, 0.6) is 0 Å². The summed E-state index contributed by atoms with van der Waals surface area (Å²) in [6.45, 7) is 1.75. The molecule has 0 radical (unpaired) electrons. The van der Waals surface area contributed by atoms with Gasteiger partial charge in [0.2, 0.25) is 5.91 Å². The van der Waals surface area contributed by atoms with E-state index in [1.54, 1.807) is 24.5 Å². The molecular formula is C19H19FN6O. The maximum Gasteiger partial charge on any atom is 0.236 e. The average Bonchev–Trinajstić information content (AvgIpc) is 3.14. The van der Waals surface area contributed by atoms with Crippen molar-refractivity contribution in [3.8, 4) is 22.4 Å². The number of anilines is 1. The quantitative estimate of drug-likeness (QED) is 0.650. The Balaban J connectivity index is 1.80. The lowest BCUT2D eigenvalue weighted by Crippen LogP contribution is -2.56. The zero-order valence-electron chi connectivity index (χ0n) is 14.5. The summed E-state index contributed by atoms with van der Waals surface area (Å²) >= 11 is 0. The number of benzene rings is 1. The first-order valence-electron chi connectivity index (χ1n) is 8.66. The largest absolute Gasteiger partial charge is 0.368 e. The number of hydrogen-bond donors (Lipinski definition) is 3. The normalized spacial score (nSPS) is 17.1. The van der Waals surface area contributed by atoms with Crippen LogP contribution in [-0.2, 0) is 4.79 Å². The van der Waals surface area contributed by atoms with E-state index in [4.69, 9.17) is 5.73 Å². The van der Waals surface area contributed by atoms with E-state index in [1.807, 2.05) is 17.0 Å². The Labute approximate surface area is 155 Å². The summed E-state index contributed by atoms with van der Waals surface area (Å²) in [5, 5.41) is 10.7. The van der Waals surface area contributed by atoms with Crippen LogP contribution in [0.25, 0.3) is 22.4 Å². The van der Waals surface area contributed by atoms with E-state index in [1.165, 1.54) is 12.1 Å². The van der Waals surface area contributed by atoms with Crippen molar-refractivity contribution in [1.82, 2.24) is 20.5 Å². The number of pyridine rings is 1. The van der Waals surface area contributed by atoms with Crippen molar-refractivity contribution >= 4 is 11.7 Å². The number of piperazine rings is 1. The smallest absolute Gasteiger partial charge is 0.236 e. The molecule has 0 saturated carbocycles. The Morgan fingerprint density at radius 2 is 1.89 bits per heavy atom. The van der Waals surface area contributed by atoms with Gasteiger partial charge in [-0.05, 0) is 42.0 Å². The van der Waals surface area contributed by atoms with Crippen LogP contribution in [0.15, 0.2) is 48.8 Å². The molecule has 27 heavy (non-hydrogen) atoms. The van der Waals surface area contributed by atoms with Crippen LogP contribution in [0, 0.1) is 5.82 Å². The minimum atomic E-state index is -0.435. The Morgan fingerprint density at radius 3 is 2.59 bits per heavy atom. The fourth-order valence-corrected chi connectivity index (χ4v) is 3.31. The zero-order valence-corrected chi connectivity index (χ0v) is 14.5. The SMILES string of the molecule is NC(=O)C1CN(c2n[nH]c(-c3ccc(F)cc3)c2-c2ccncc2)CCN1. The van der Waals surface area contributed by atoms with Gasteiger partial charge in [0.1, 0.15) is 11.9 Å². The minimum Gasteiger partial charge on any atom is -0.368 e. The molecule has 8 heteroatoms. The molecule has 2 aromatic heterocycles. The van der Waals surface area contributed by atoms with Crippen LogP contribution in [0.1, 0.15) is 0 Å². The summed E-state index contributed by atoms with van der Waals surface area (Å²) in [6.07, 6.45) is 3.43. The first-order valence-corrected chi connectivity index (χ1v) is 8.66. The lowest BCUT2D eigenvalue weighted by Gasteiger charge is -2.32. The summed E-state index contributed by atoms with van der Waals surface area (Å²) in [4.78, 5) is 17.7. The van der Waals surface area contributed by atoms with Crippen molar-refractivity contribution in [1.29, 1.82) is 0 Å². The maximum atomic E-state index is 13.3. The summed E-state index contributed by atoms with van der Waals surface area (Å²) < 4.78 is 13.3. The van der Waals surface area contributed by atoms with Gasteiger partial charge in [-0.3, -0.25) is 14.9 Å². The highest BCUT2D eigenvalue weighted by molar-refractivity contribution is 5.89. The van der Waals surface area contributed by atoms with Gasteiger partial charge in [-0.1, -0.05) is 0 Å². The van der Waals surface area contributed by atoms with Crippen LogP contribution >= 0.6 is 0 Å². The number of halogens is 1. The van der Waals surface area contributed by atoms with Crippen molar-refractivity contribution in [3.05, 3.63) is 54.6 Å². The lowest BCUT2D eigenvalue weighted by atomic mass is 10.0. The molecule has 7 nitrogen and oxygen atoms in total. The van der Waals surface area contributed by atoms with E-state index in [9.17, 15) is 9.18 Å². The number of nitrogens with zero attached hydrogens (tertiary/aromatic N) is 3. The minimum absolute atomic E-state index is 0.296. The Morgan fingerprint density at radius 1 is 1.15 bits per heavy atom. The van der Waals surface area contributed by atoms with Gasteiger partial charge in [0.05, 0.1) is 11.3 Å². The molecule has 3 heterocycles. The van der Waals surface area contributed by atoms with Crippen molar-refractivity contribution < 1.29 is 9.18 Å². The highest BCUT2D eigenvalue weighted by atomic mass is 19.1. The van der Waals surface area contributed by atoms with Crippen LogP contribution in [-0.4, -0.2) is 46.8 Å². The van der Waals surface area contributed by atoms with Crippen molar-refractivity contribution in [3.63, 3.8) is 0 Å². The molecule has 138 valence electrons. The number of rotatable bonds is 4. The van der Waals surface area contributed by atoms with Crippen molar-refractivity contribution in [2.24, 2.45) is 5.73 Å². The topological polar surface area (TPSA) is 99.9 Å². The van der Waals surface area contributed by atoms with E-state index in [0.29, 0.717) is 19.6 Å². The van der Waals surface area contributed by atoms with Crippen LogP contribution in [0.4, 0.5) is 10.2 Å². The van der Waals surface area contributed by atoms with Gasteiger partial charge < -0.3 is 16.0 Å². The van der Waals surface area contributed by atoms with Gasteiger partial charge in [-0.2, -0.15) is 5.10 Å². The predicted octanol–water partition coefficient (Wildman–Crippen LogP) is 1.54. The number of aromatic amines is 1. The van der Waals surface area contributed by atoms with Gasteiger partial charge in [-0.15, -0.1) is 0 Å². The fraction of sp³-hybridized carbons (Fsp3) is 0.211. The fourth-order valence-electron chi connectivity index (χ4n) is 3.31. The van der Waals surface area contributed by atoms with Gasteiger partial charge in [0, 0.05) is 37.6 Å². The third-order valence-corrected chi connectivity index (χ3v) is 4.67.